The molecule has 19 heavy (non-hydrogen) atoms. The van der Waals surface area contributed by atoms with Crippen molar-refractivity contribution >= 4 is 38.9 Å². The summed E-state index contributed by atoms with van der Waals surface area (Å²) >= 11 is 11.4. The summed E-state index contributed by atoms with van der Waals surface area (Å²) in [7, 11) is 0. The van der Waals surface area contributed by atoms with E-state index in [0.717, 1.165) is 19.8 Å². The molecule has 0 radical (unpaired) electrons. The van der Waals surface area contributed by atoms with Crippen LogP contribution in [-0.2, 0) is 0 Å². The molecule has 1 nitrogen and oxygen atoms in total. The molecule has 6 heteroatoms. The van der Waals surface area contributed by atoms with Gasteiger partial charge in [-0.3, -0.25) is 0 Å². The number of benzene rings is 1. The van der Waals surface area contributed by atoms with E-state index in [2.05, 4.69) is 20.7 Å². The molecule has 1 unspecified atom stereocenters. The molecule has 0 saturated carbocycles. The van der Waals surface area contributed by atoms with Gasteiger partial charge in [-0.15, -0.1) is 22.9 Å². The van der Waals surface area contributed by atoms with E-state index in [4.69, 9.17) is 11.6 Å². The summed E-state index contributed by atoms with van der Waals surface area (Å²) in [5, 5.41) is -0.394. The van der Waals surface area contributed by atoms with Gasteiger partial charge < -0.3 is 4.74 Å². The van der Waals surface area contributed by atoms with E-state index in [1.807, 2.05) is 13.0 Å². The van der Waals surface area contributed by atoms with Gasteiger partial charge in [0, 0.05) is 14.2 Å². The summed E-state index contributed by atoms with van der Waals surface area (Å²) in [6, 6.07) is 8.43. The average molecular weight is 368 g/mol. The highest BCUT2D eigenvalue weighted by Gasteiger charge is 2.17. The number of alkyl halides is 3. The number of hydrogen-bond donors (Lipinski definition) is 0. The second kappa shape index (κ2) is 6.20. The van der Waals surface area contributed by atoms with Gasteiger partial charge in [0.2, 0.25) is 0 Å². The molecular formula is C13H10BrClF2OS. The lowest BCUT2D eigenvalue weighted by Gasteiger charge is -2.11. The zero-order valence-corrected chi connectivity index (χ0v) is 13.0. The molecule has 0 amide bonds. The fourth-order valence-electron chi connectivity index (χ4n) is 1.67. The Kier molecular flexibility index (Phi) is 4.81. The molecule has 0 aliphatic carbocycles. The summed E-state index contributed by atoms with van der Waals surface area (Å²) in [6.07, 6.45) is 0. The Morgan fingerprint density at radius 1 is 1.32 bits per heavy atom. The SMILES string of the molecule is Cc1cc(Br)c(C(Cl)c2cccc(OC(F)F)c2)s1. The van der Waals surface area contributed by atoms with Gasteiger partial charge in [0.25, 0.3) is 0 Å². The molecule has 0 spiro atoms. The predicted octanol–water partition coefficient (Wildman–Crippen LogP) is 5.75. The van der Waals surface area contributed by atoms with Gasteiger partial charge in [-0.1, -0.05) is 12.1 Å². The van der Waals surface area contributed by atoms with Gasteiger partial charge in [0.05, 0.1) is 5.38 Å². The minimum atomic E-state index is -2.83. The third kappa shape index (κ3) is 3.68. The fourth-order valence-corrected chi connectivity index (χ4v) is 4.08. The predicted molar refractivity (Wildman–Crippen MR) is 77.5 cm³/mol. The third-order valence-corrected chi connectivity index (χ3v) is 5.08. The van der Waals surface area contributed by atoms with Crippen molar-refractivity contribution in [2.75, 3.05) is 0 Å². The topological polar surface area (TPSA) is 9.23 Å². The minimum Gasteiger partial charge on any atom is -0.435 e. The molecule has 102 valence electrons. The standard InChI is InChI=1S/C13H10BrClF2OS/c1-7-5-10(14)12(19-7)11(15)8-3-2-4-9(6-8)18-13(16)17/h2-6,11,13H,1H3. The highest BCUT2D eigenvalue weighted by molar-refractivity contribution is 9.10. The second-order valence-electron chi connectivity index (χ2n) is 3.88. The molecule has 1 atom stereocenters. The largest absolute Gasteiger partial charge is 0.435 e. The van der Waals surface area contributed by atoms with Gasteiger partial charge in [0.1, 0.15) is 5.75 Å². The van der Waals surface area contributed by atoms with E-state index in [9.17, 15) is 8.78 Å². The monoisotopic (exact) mass is 366 g/mol. The van der Waals surface area contributed by atoms with Crippen LogP contribution in [0.15, 0.2) is 34.8 Å². The molecule has 0 bridgehead atoms. The Bertz CT molecular complexity index is 574. The Hall–Kier alpha value is -0.650. The molecular weight excluding hydrogens is 358 g/mol. The average Bonchev–Trinajstić information content (AvgIpc) is 2.67. The van der Waals surface area contributed by atoms with Crippen LogP contribution in [-0.4, -0.2) is 6.61 Å². The number of halogens is 4. The van der Waals surface area contributed by atoms with Gasteiger partial charge in [-0.05, 0) is 46.6 Å². The van der Waals surface area contributed by atoms with Crippen LogP contribution in [0.4, 0.5) is 8.78 Å². The van der Waals surface area contributed by atoms with E-state index >= 15 is 0 Å². The number of ether oxygens (including phenoxy) is 1. The van der Waals surface area contributed by atoms with Gasteiger partial charge in [-0.25, -0.2) is 0 Å². The number of hydrogen-bond acceptors (Lipinski definition) is 2. The summed E-state index contributed by atoms with van der Waals surface area (Å²) in [5.41, 5.74) is 0.724. The molecule has 0 fully saturated rings. The van der Waals surface area contributed by atoms with Crippen molar-refractivity contribution in [1.82, 2.24) is 0 Å². The highest BCUT2D eigenvalue weighted by atomic mass is 79.9. The van der Waals surface area contributed by atoms with Crippen molar-refractivity contribution in [3.8, 4) is 5.75 Å². The molecule has 0 saturated heterocycles. The summed E-state index contributed by atoms with van der Waals surface area (Å²) in [4.78, 5) is 2.08. The summed E-state index contributed by atoms with van der Waals surface area (Å²) < 4.78 is 29.7. The molecule has 2 aromatic rings. The van der Waals surface area contributed by atoms with Crippen LogP contribution in [0, 0.1) is 6.92 Å². The van der Waals surface area contributed by atoms with Crippen LogP contribution in [0.2, 0.25) is 0 Å². The molecule has 0 N–H and O–H groups in total. The maximum absolute atomic E-state index is 12.2. The lowest BCUT2D eigenvalue weighted by molar-refractivity contribution is -0.0498. The van der Waals surface area contributed by atoms with Crippen molar-refractivity contribution in [2.24, 2.45) is 0 Å². The van der Waals surface area contributed by atoms with Crippen LogP contribution >= 0.6 is 38.9 Å². The highest BCUT2D eigenvalue weighted by Crippen LogP contribution is 2.40. The zero-order chi connectivity index (χ0) is 14.0. The Morgan fingerprint density at radius 2 is 2.05 bits per heavy atom. The first-order valence-electron chi connectivity index (χ1n) is 5.42. The summed E-state index contributed by atoms with van der Waals surface area (Å²) in [5.74, 6) is 0.113. The normalized spacial score (nSPS) is 12.7. The Labute approximate surface area is 127 Å². The van der Waals surface area contributed by atoms with E-state index < -0.39 is 12.0 Å². The quantitative estimate of drug-likeness (QED) is 0.625. The maximum atomic E-state index is 12.2. The Balaban J connectivity index is 2.28. The van der Waals surface area contributed by atoms with Gasteiger partial charge in [-0.2, -0.15) is 8.78 Å². The van der Waals surface area contributed by atoms with Crippen LogP contribution in [0.25, 0.3) is 0 Å². The van der Waals surface area contributed by atoms with E-state index in [-0.39, 0.29) is 5.75 Å². The third-order valence-electron chi connectivity index (χ3n) is 2.44. The maximum Gasteiger partial charge on any atom is 0.387 e. The van der Waals surface area contributed by atoms with Crippen LogP contribution < -0.4 is 4.74 Å². The molecule has 2 rings (SSSR count). The molecule has 1 aromatic carbocycles. The van der Waals surface area contributed by atoms with Crippen LogP contribution in [0.1, 0.15) is 20.7 Å². The number of thiophene rings is 1. The smallest absolute Gasteiger partial charge is 0.387 e. The van der Waals surface area contributed by atoms with E-state index in [1.54, 1.807) is 23.5 Å². The van der Waals surface area contributed by atoms with E-state index in [1.165, 1.54) is 12.1 Å². The van der Waals surface area contributed by atoms with Crippen LogP contribution in [0.5, 0.6) is 5.75 Å². The van der Waals surface area contributed by atoms with Crippen molar-refractivity contribution < 1.29 is 13.5 Å². The van der Waals surface area contributed by atoms with Crippen molar-refractivity contribution in [1.29, 1.82) is 0 Å². The number of aryl methyl sites for hydroxylation is 1. The first kappa shape index (κ1) is 14.8. The van der Waals surface area contributed by atoms with Gasteiger partial charge in [0.15, 0.2) is 0 Å². The van der Waals surface area contributed by atoms with Gasteiger partial charge >= 0.3 is 6.61 Å². The molecule has 1 aromatic heterocycles. The van der Waals surface area contributed by atoms with Crippen molar-refractivity contribution in [3.05, 3.63) is 50.1 Å². The molecule has 0 aliphatic heterocycles. The van der Waals surface area contributed by atoms with Crippen molar-refractivity contribution in [3.63, 3.8) is 0 Å². The first-order valence-corrected chi connectivity index (χ1v) is 7.46. The fraction of sp³-hybridized carbons (Fsp3) is 0.231. The molecule has 1 heterocycles. The Morgan fingerprint density at radius 3 is 2.63 bits per heavy atom. The molecule has 0 aliphatic rings. The minimum absolute atomic E-state index is 0.113. The first-order chi connectivity index (χ1) is 8.97. The number of rotatable bonds is 4. The lowest BCUT2D eigenvalue weighted by Crippen LogP contribution is -2.02. The zero-order valence-electron chi connectivity index (χ0n) is 9.87. The van der Waals surface area contributed by atoms with E-state index in [0.29, 0.717) is 0 Å². The van der Waals surface area contributed by atoms with Crippen molar-refractivity contribution in [2.45, 2.75) is 18.9 Å². The lowest BCUT2D eigenvalue weighted by atomic mass is 10.1. The van der Waals surface area contributed by atoms with Crippen LogP contribution in [0.3, 0.4) is 0 Å². The summed E-state index contributed by atoms with van der Waals surface area (Å²) in [6.45, 7) is -0.849. The second-order valence-corrected chi connectivity index (χ2v) is 6.46.